The maximum atomic E-state index is 9.38. The topological polar surface area (TPSA) is 38.7 Å². The summed E-state index contributed by atoms with van der Waals surface area (Å²) in [6, 6.07) is 0. The van der Waals surface area contributed by atoms with Gasteiger partial charge in [0, 0.05) is 0 Å². The fourth-order valence-electron chi connectivity index (χ4n) is 0.223. The Kier molecular flexibility index (Phi) is 3.89. The Hall–Kier alpha value is -0.0200. The van der Waals surface area contributed by atoms with E-state index < -0.39 is 4.33 Å². The first-order valence-corrected chi connectivity index (χ1v) is 3.20. The zero-order valence-electron chi connectivity index (χ0n) is 4.93. The molecule has 3 nitrogen and oxygen atoms in total. The highest BCUT2D eigenvalue weighted by molar-refractivity contribution is 6.48. The van der Waals surface area contributed by atoms with Crippen molar-refractivity contribution < 1.29 is 4.84 Å². The van der Waals surface area contributed by atoms with Crippen molar-refractivity contribution in [2.75, 3.05) is 6.61 Å². The zero-order valence-corrected chi connectivity index (χ0v) is 6.45. The van der Waals surface area contributed by atoms with Crippen molar-refractivity contribution in [3.63, 3.8) is 0 Å². The van der Waals surface area contributed by atoms with Crippen LogP contribution in [0.4, 0.5) is 0 Å². The van der Waals surface area contributed by atoms with Gasteiger partial charge < -0.3 is 4.84 Å². The van der Waals surface area contributed by atoms with Crippen LogP contribution in [0.15, 0.2) is 5.34 Å². The van der Waals surface area contributed by atoms with E-state index in [-0.39, 0.29) is 6.61 Å². The van der Waals surface area contributed by atoms with E-state index in [4.69, 9.17) is 23.2 Å². The molecule has 5 heteroatoms. The second-order valence-electron chi connectivity index (χ2n) is 1.56. The lowest BCUT2D eigenvalue weighted by molar-refractivity contribution is 0.131. The second-order valence-corrected chi connectivity index (χ2v) is 3.20. The molecule has 0 amide bonds. The Labute approximate surface area is 63.2 Å². The standard InChI is InChI=1S/C4H7Cl2NO2/c1-2-4(5,6)3-9-7-8/h2-3H2,1H3. The molecule has 54 valence electrons. The van der Waals surface area contributed by atoms with E-state index in [9.17, 15) is 4.91 Å². The third-order valence-electron chi connectivity index (χ3n) is 0.846. The maximum absolute atomic E-state index is 9.38. The molecule has 0 atom stereocenters. The van der Waals surface area contributed by atoms with Gasteiger partial charge in [-0.3, -0.25) is 0 Å². The van der Waals surface area contributed by atoms with Crippen molar-refractivity contribution in [1.82, 2.24) is 0 Å². The molecule has 0 aliphatic heterocycles. The molecule has 0 unspecified atom stereocenters. The van der Waals surface area contributed by atoms with Gasteiger partial charge in [0.1, 0.15) is 0 Å². The Balaban J connectivity index is 3.44. The summed E-state index contributed by atoms with van der Waals surface area (Å²) in [4.78, 5) is 13.5. The molecule has 0 aromatic rings. The normalized spacial score (nSPS) is 11.0. The van der Waals surface area contributed by atoms with E-state index in [0.717, 1.165) is 0 Å². The fraction of sp³-hybridized carbons (Fsp3) is 1.00. The van der Waals surface area contributed by atoms with Crippen LogP contribution >= 0.6 is 23.2 Å². The first kappa shape index (κ1) is 8.98. The van der Waals surface area contributed by atoms with E-state index in [1.54, 1.807) is 6.92 Å². The Morgan fingerprint density at radius 1 is 1.67 bits per heavy atom. The van der Waals surface area contributed by atoms with Gasteiger partial charge in [-0.25, -0.2) is 0 Å². The van der Waals surface area contributed by atoms with Crippen LogP contribution in [0.2, 0.25) is 0 Å². The maximum Gasteiger partial charge on any atom is 0.155 e. The van der Waals surface area contributed by atoms with Crippen LogP contribution in [0.25, 0.3) is 0 Å². The third-order valence-corrected chi connectivity index (χ3v) is 1.60. The van der Waals surface area contributed by atoms with E-state index >= 15 is 0 Å². The molecular formula is C4H7Cl2NO2. The molecule has 0 aliphatic carbocycles. The van der Waals surface area contributed by atoms with Gasteiger partial charge in [-0.05, 0) is 6.42 Å². The zero-order chi connectivity index (χ0) is 7.33. The van der Waals surface area contributed by atoms with Crippen LogP contribution in [0, 0.1) is 4.91 Å². The van der Waals surface area contributed by atoms with E-state index in [1.807, 2.05) is 0 Å². The van der Waals surface area contributed by atoms with Gasteiger partial charge in [0.05, 0.1) is 0 Å². The lowest BCUT2D eigenvalue weighted by Gasteiger charge is -2.12. The summed E-state index contributed by atoms with van der Waals surface area (Å²) >= 11 is 11.1. The lowest BCUT2D eigenvalue weighted by Crippen LogP contribution is -2.17. The van der Waals surface area contributed by atoms with E-state index in [0.29, 0.717) is 6.42 Å². The average molecular weight is 172 g/mol. The molecule has 0 spiro atoms. The summed E-state index contributed by atoms with van der Waals surface area (Å²) in [5.74, 6) is 0. The lowest BCUT2D eigenvalue weighted by atomic mass is 10.3. The Morgan fingerprint density at radius 2 is 2.22 bits per heavy atom. The number of nitrogens with zero attached hydrogens (tertiary/aromatic N) is 1. The van der Waals surface area contributed by atoms with Gasteiger partial charge in [0.15, 0.2) is 16.3 Å². The van der Waals surface area contributed by atoms with Crippen molar-refractivity contribution in [3.05, 3.63) is 4.91 Å². The van der Waals surface area contributed by atoms with E-state index in [2.05, 4.69) is 10.2 Å². The molecule has 0 saturated heterocycles. The summed E-state index contributed by atoms with van der Waals surface area (Å²) < 4.78 is -0.978. The minimum atomic E-state index is -0.978. The van der Waals surface area contributed by atoms with Crippen LogP contribution in [-0.2, 0) is 4.84 Å². The molecule has 0 aromatic carbocycles. The first-order chi connectivity index (χ1) is 4.12. The molecule has 0 saturated carbocycles. The molecule has 0 heterocycles. The molecule has 0 radical (unpaired) electrons. The van der Waals surface area contributed by atoms with Gasteiger partial charge in [-0.15, -0.1) is 4.91 Å². The Morgan fingerprint density at radius 3 is 2.56 bits per heavy atom. The number of hydrogen-bond acceptors (Lipinski definition) is 3. The van der Waals surface area contributed by atoms with Crippen molar-refractivity contribution >= 4 is 23.2 Å². The van der Waals surface area contributed by atoms with E-state index in [1.165, 1.54) is 0 Å². The summed E-state index contributed by atoms with van der Waals surface area (Å²) in [6.45, 7) is 1.73. The molecule has 0 N–H and O–H groups in total. The molecular weight excluding hydrogens is 165 g/mol. The summed E-state index contributed by atoms with van der Waals surface area (Å²) in [7, 11) is 0. The molecule has 0 fully saturated rings. The second kappa shape index (κ2) is 3.90. The number of alkyl halides is 2. The van der Waals surface area contributed by atoms with Crippen molar-refractivity contribution in [1.29, 1.82) is 0 Å². The van der Waals surface area contributed by atoms with Crippen LogP contribution in [-0.4, -0.2) is 10.9 Å². The first-order valence-electron chi connectivity index (χ1n) is 2.45. The Bertz CT molecular complexity index is 96.6. The van der Waals surface area contributed by atoms with Crippen molar-refractivity contribution in [2.24, 2.45) is 5.34 Å². The van der Waals surface area contributed by atoms with Gasteiger partial charge in [-0.1, -0.05) is 30.1 Å². The number of rotatable bonds is 4. The van der Waals surface area contributed by atoms with Gasteiger partial charge in [0.25, 0.3) is 0 Å². The average Bonchev–Trinajstić information content (AvgIpc) is 1.84. The molecule has 0 aromatic heterocycles. The summed E-state index contributed by atoms with van der Waals surface area (Å²) in [5.41, 5.74) is 0. The van der Waals surface area contributed by atoms with Crippen LogP contribution in [0.3, 0.4) is 0 Å². The predicted octanol–water partition coefficient (Wildman–Crippen LogP) is 2.27. The number of hydrogen-bond donors (Lipinski definition) is 0. The quantitative estimate of drug-likeness (QED) is 0.370. The highest BCUT2D eigenvalue weighted by Crippen LogP contribution is 2.24. The smallest absolute Gasteiger partial charge is 0.155 e. The van der Waals surface area contributed by atoms with Crippen molar-refractivity contribution in [2.45, 2.75) is 17.7 Å². The third kappa shape index (κ3) is 4.48. The summed E-state index contributed by atoms with van der Waals surface area (Å²) in [6.07, 6.45) is 0.519. The van der Waals surface area contributed by atoms with Crippen LogP contribution in [0.5, 0.6) is 0 Å². The minimum Gasteiger partial charge on any atom is -0.361 e. The number of halogens is 2. The minimum absolute atomic E-state index is 0.0594. The molecule has 0 aliphatic rings. The van der Waals surface area contributed by atoms with Crippen LogP contribution < -0.4 is 0 Å². The van der Waals surface area contributed by atoms with Gasteiger partial charge in [-0.2, -0.15) is 0 Å². The predicted molar refractivity (Wildman–Crippen MR) is 36.5 cm³/mol. The summed E-state index contributed by atoms with van der Waals surface area (Å²) in [5, 5.41) is 2.15. The van der Waals surface area contributed by atoms with Gasteiger partial charge >= 0.3 is 0 Å². The fourth-order valence-corrected chi connectivity index (χ4v) is 0.320. The molecule has 0 bridgehead atoms. The van der Waals surface area contributed by atoms with Crippen LogP contribution in [0.1, 0.15) is 13.3 Å². The highest BCUT2D eigenvalue weighted by Gasteiger charge is 2.22. The molecule has 9 heavy (non-hydrogen) atoms. The van der Waals surface area contributed by atoms with Crippen molar-refractivity contribution in [3.8, 4) is 0 Å². The SMILES string of the molecule is CCC(Cl)(Cl)CON=O. The highest BCUT2D eigenvalue weighted by atomic mass is 35.5. The largest absolute Gasteiger partial charge is 0.361 e. The monoisotopic (exact) mass is 171 g/mol. The van der Waals surface area contributed by atoms with Gasteiger partial charge in [0.2, 0.25) is 0 Å². The molecule has 0 rings (SSSR count).